The van der Waals surface area contributed by atoms with E-state index in [2.05, 4.69) is 23.0 Å². The third-order valence-electron chi connectivity index (χ3n) is 2.80. The van der Waals surface area contributed by atoms with Gasteiger partial charge in [-0.1, -0.05) is 20.8 Å². The maximum atomic E-state index is 11.8. The normalized spacial score (nSPS) is 11.3. The molecule has 90 valence electrons. The highest BCUT2D eigenvalue weighted by atomic mass is 32.1. The van der Waals surface area contributed by atoms with Gasteiger partial charge in [-0.2, -0.15) is 0 Å². The summed E-state index contributed by atoms with van der Waals surface area (Å²) >= 11 is 1.68. The molecular formula is C13H16N2OS. The molecule has 2 heterocycles. The molecule has 0 spiro atoms. The Morgan fingerprint density at radius 1 is 1.41 bits per heavy atom. The van der Waals surface area contributed by atoms with E-state index in [1.807, 2.05) is 13.8 Å². The van der Waals surface area contributed by atoms with Gasteiger partial charge in [-0.25, -0.2) is 9.97 Å². The summed E-state index contributed by atoms with van der Waals surface area (Å²) in [5.41, 5.74) is 0.865. The summed E-state index contributed by atoms with van der Waals surface area (Å²) in [4.78, 5) is 22.6. The highest BCUT2D eigenvalue weighted by molar-refractivity contribution is 7.18. The molecule has 0 aromatic carbocycles. The Balaban J connectivity index is 2.40. The van der Waals surface area contributed by atoms with Crippen molar-refractivity contribution in [3.63, 3.8) is 0 Å². The smallest absolute Gasteiger partial charge is 0.141 e. The number of carbonyl (C=O) groups is 1. The fourth-order valence-corrected chi connectivity index (χ4v) is 2.59. The van der Waals surface area contributed by atoms with Crippen molar-refractivity contribution in [2.24, 2.45) is 5.92 Å². The van der Waals surface area contributed by atoms with Crippen molar-refractivity contribution in [3.8, 4) is 0 Å². The summed E-state index contributed by atoms with van der Waals surface area (Å²) in [5, 5.41) is 1.04. The van der Waals surface area contributed by atoms with Crippen LogP contribution in [0, 0.1) is 5.92 Å². The molecule has 0 saturated heterocycles. The molecule has 2 rings (SSSR count). The number of hydrogen-bond acceptors (Lipinski definition) is 4. The number of Topliss-reactive ketones (excluding diaryl/α,β-unsaturated/α-hetero) is 1. The number of hydrogen-bond donors (Lipinski definition) is 0. The summed E-state index contributed by atoms with van der Waals surface area (Å²) in [7, 11) is 0. The van der Waals surface area contributed by atoms with Crippen molar-refractivity contribution < 1.29 is 4.79 Å². The van der Waals surface area contributed by atoms with Crippen molar-refractivity contribution in [1.82, 2.24) is 9.97 Å². The van der Waals surface area contributed by atoms with Crippen LogP contribution in [0.5, 0.6) is 0 Å². The molecule has 0 aliphatic heterocycles. The number of carbonyl (C=O) groups excluding carboxylic acids is 1. The minimum absolute atomic E-state index is 0.0595. The minimum Gasteiger partial charge on any atom is -0.299 e. The first-order valence-corrected chi connectivity index (χ1v) is 6.68. The third kappa shape index (κ3) is 2.52. The predicted octanol–water partition coefficient (Wildman–Crippen LogP) is 3.02. The second-order valence-corrected chi connectivity index (χ2v) is 5.52. The minimum atomic E-state index is 0.0595. The Kier molecular flexibility index (Phi) is 3.52. The van der Waals surface area contributed by atoms with Crippen molar-refractivity contribution in [3.05, 3.63) is 23.0 Å². The quantitative estimate of drug-likeness (QED) is 0.835. The fourth-order valence-electron chi connectivity index (χ4n) is 1.64. The molecule has 4 heteroatoms. The van der Waals surface area contributed by atoms with Crippen LogP contribution in [0.2, 0.25) is 0 Å². The lowest BCUT2D eigenvalue weighted by atomic mass is 10.0. The van der Waals surface area contributed by atoms with Crippen LogP contribution in [-0.2, 0) is 17.6 Å². The lowest BCUT2D eigenvalue weighted by molar-refractivity contribution is -0.121. The number of ketones is 1. The van der Waals surface area contributed by atoms with E-state index in [0.29, 0.717) is 6.42 Å². The number of aromatic nitrogens is 2. The van der Waals surface area contributed by atoms with Crippen LogP contribution in [0.15, 0.2) is 12.4 Å². The summed E-state index contributed by atoms with van der Waals surface area (Å²) in [6.45, 7) is 5.97. The van der Waals surface area contributed by atoms with E-state index in [1.54, 1.807) is 17.7 Å². The highest BCUT2D eigenvalue weighted by Crippen LogP contribution is 2.26. The van der Waals surface area contributed by atoms with Gasteiger partial charge in [0.05, 0.1) is 5.69 Å². The molecule has 0 unspecified atom stereocenters. The Morgan fingerprint density at radius 2 is 2.18 bits per heavy atom. The monoisotopic (exact) mass is 248 g/mol. The summed E-state index contributed by atoms with van der Waals surface area (Å²) < 4.78 is 0. The van der Waals surface area contributed by atoms with Crippen LogP contribution >= 0.6 is 11.3 Å². The Hall–Kier alpha value is -1.29. The van der Waals surface area contributed by atoms with Crippen molar-refractivity contribution in [2.45, 2.75) is 33.6 Å². The van der Waals surface area contributed by atoms with E-state index in [1.165, 1.54) is 4.88 Å². The standard InChI is InChI=1S/C13H16N2OS/c1-4-9-5-10-11(6-12(16)8(2)3)14-7-15-13(10)17-9/h5,7-8H,4,6H2,1-3H3. The van der Waals surface area contributed by atoms with Gasteiger partial charge in [-0.3, -0.25) is 4.79 Å². The lowest BCUT2D eigenvalue weighted by Gasteiger charge is -2.03. The average Bonchev–Trinajstić information content (AvgIpc) is 2.72. The van der Waals surface area contributed by atoms with Crippen molar-refractivity contribution in [2.75, 3.05) is 0 Å². The first kappa shape index (κ1) is 12.2. The van der Waals surface area contributed by atoms with Gasteiger partial charge in [0.2, 0.25) is 0 Å². The molecule has 0 fully saturated rings. The molecule has 2 aromatic heterocycles. The van der Waals surface area contributed by atoms with E-state index >= 15 is 0 Å². The van der Waals surface area contributed by atoms with Crippen molar-refractivity contribution >= 4 is 27.3 Å². The molecule has 3 nitrogen and oxygen atoms in total. The largest absolute Gasteiger partial charge is 0.299 e. The van der Waals surface area contributed by atoms with E-state index < -0.39 is 0 Å². The molecule has 0 aliphatic rings. The fraction of sp³-hybridized carbons (Fsp3) is 0.462. The Morgan fingerprint density at radius 3 is 2.82 bits per heavy atom. The number of fused-ring (bicyclic) bond motifs is 1. The van der Waals surface area contributed by atoms with E-state index in [4.69, 9.17) is 0 Å². The Bertz CT molecular complexity index is 545. The van der Waals surface area contributed by atoms with Gasteiger partial charge >= 0.3 is 0 Å². The van der Waals surface area contributed by atoms with Gasteiger partial charge in [0.25, 0.3) is 0 Å². The molecule has 0 bridgehead atoms. The van der Waals surface area contributed by atoms with Gasteiger partial charge < -0.3 is 0 Å². The zero-order chi connectivity index (χ0) is 12.4. The van der Waals surface area contributed by atoms with Gasteiger partial charge in [-0.05, 0) is 12.5 Å². The Labute approximate surface area is 105 Å². The molecule has 0 amide bonds. The van der Waals surface area contributed by atoms with Crippen LogP contribution in [0.25, 0.3) is 10.2 Å². The summed E-state index contributed by atoms with van der Waals surface area (Å²) in [6, 6.07) is 2.11. The number of nitrogens with zero attached hydrogens (tertiary/aromatic N) is 2. The maximum Gasteiger partial charge on any atom is 0.141 e. The van der Waals surface area contributed by atoms with Gasteiger partial charge in [-0.15, -0.1) is 11.3 Å². The highest BCUT2D eigenvalue weighted by Gasteiger charge is 2.13. The van der Waals surface area contributed by atoms with Crippen LogP contribution in [-0.4, -0.2) is 15.8 Å². The van der Waals surface area contributed by atoms with Gasteiger partial charge in [0.15, 0.2) is 0 Å². The molecule has 0 radical (unpaired) electrons. The topological polar surface area (TPSA) is 42.9 Å². The van der Waals surface area contributed by atoms with E-state index in [0.717, 1.165) is 22.3 Å². The molecule has 17 heavy (non-hydrogen) atoms. The molecule has 0 N–H and O–H groups in total. The molecule has 0 saturated carbocycles. The summed E-state index contributed by atoms with van der Waals surface area (Å²) in [6.07, 6.45) is 2.97. The first-order valence-electron chi connectivity index (χ1n) is 5.86. The SMILES string of the molecule is CCc1cc2c(CC(=O)C(C)C)ncnc2s1. The van der Waals surface area contributed by atoms with Crippen LogP contribution in [0.3, 0.4) is 0 Å². The lowest BCUT2D eigenvalue weighted by Crippen LogP contribution is -2.11. The number of aryl methyl sites for hydroxylation is 1. The first-order chi connectivity index (χ1) is 8.11. The van der Waals surface area contributed by atoms with Crippen LogP contribution < -0.4 is 0 Å². The maximum absolute atomic E-state index is 11.8. The van der Waals surface area contributed by atoms with Gasteiger partial charge in [0, 0.05) is 22.6 Å². The number of thiophene rings is 1. The zero-order valence-electron chi connectivity index (χ0n) is 10.4. The second-order valence-electron chi connectivity index (χ2n) is 4.40. The van der Waals surface area contributed by atoms with E-state index in [9.17, 15) is 4.79 Å². The average molecular weight is 248 g/mol. The number of rotatable bonds is 4. The molecular weight excluding hydrogens is 232 g/mol. The van der Waals surface area contributed by atoms with Crippen LogP contribution in [0.1, 0.15) is 31.3 Å². The second kappa shape index (κ2) is 4.92. The van der Waals surface area contributed by atoms with Crippen LogP contribution in [0.4, 0.5) is 0 Å². The van der Waals surface area contributed by atoms with Gasteiger partial charge in [0.1, 0.15) is 16.9 Å². The molecule has 2 aromatic rings. The molecule has 0 atom stereocenters. The summed E-state index contributed by atoms with van der Waals surface area (Å²) in [5.74, 6) is 0.290. The molecule has 0 aliphatic carbocycles. The van der Waals surface area contributed by atoms with E-state index in [-0.39, 0.29) is 11.7 Å². The predicted molar refractivity (Wildman–Crippen MR) is 70.3 cm³/mol. The third-order valence-corrected chi connectivity index (χ3v) is 3.98. The van der Waals surface area contributed by atoms with Crippen molar-refractivity contribution in [1.29, 1.82) is 0 Å². The zero-order valence-corrected chi connectivity index (χ0v) is 11.2.